The third-order valence-electron chi connectivity index (χ3n) is 3.69. The van der Waals surface area contributed by atoms with Crippen molar-refractivity contribution in [2.24, 2.45) is 5.92 Å². The molecule has 0 aliphatic heterocycles. The average Bonchev–Trinajstić information content (AvgIpc) is 2.50. The van der Waals surface area contributed by atoms with Gasteiger partial charge in [-0.25, -0.2) is 0 Å². The molecule has 0 aliphatic rings. The first-order valence-corrected chi connectivity index (χ1v) is 6.90. The number of nitrogens with zero attached hydrogens (tertiary/aromatic N) is 1. The van der Waals surface area contributed by atoms with Crippen LogP contribution in [0.3, 0.4) is 0 Å². The summed E-state index contributed by atoms with van der Waals surface area (Å²) < 4.78 is 0. The molecule has 2 rings (SSSR count). The van der Waals surface area contributed by atoms with E-state index in [-0.39, 0.29) is 5.92 Å². The molecule has 0 amide bonds. The van der Waals surface area contributed by atoms with Crippen LogP contribution in [0.5, 0.6) is 0 Å². The van der Waals surface area contributed by atoms with Gasteiger partial charge in [0.1, 0.15) is 5.41 Å². The second-order valence-corrected chi connectivity index (χ2v) is 5.25. The molecule has 1 nitrogen and oxygen atoms in total. The lowest BCUT2D eigenvalue weighted by molar-refractivity contribution is 0.480. The summed E-state index contributed by atoms with van der Waals surface area (Å²) in [5.41, 5.74) is 1.57. The summed E-state index contributed by atoms with van der Waals surface area (Å²) >= 11 is 0. The zero-order valence-corrected chi connectivity index (χ0v) is 12.0. The largest absolute Gasteiger partial charge is 0.197 e. The van der Waals surface area contributed by atoms with Crippen molar-refractivity contribution in [2.45, 2.75) is 19.3 Å². The fourth-order valence-corrected chi connectivity index (χ4v) is 2.36. The van der Waals surface area contributed by atoms with Crippen LogP contribution in [0.15, 0.2) is 66.7 Å². The van der Waals surface area contributed by atoms with Crippen molar-refractivity contribution >= 4 is 6.08 Å². The lowest BCUT2D eigenvalue weighted by Crippen LogP contribution is -2.28. The smallest absolute Gasteiger partial charge is 0.103 e. The zero-order valence-electron chi connectivity index (χ0n) is 12.0. The lowest BCUT2D eigenvalue weighted by Gasteiger charge is -2.28. The van der Waals surface area contributed by atoms with Crippen LogP contribution >= 0.6 is 0 Å². The van der Waals surface area contributed by atoms with E-state index in [0.717, 1.165) is 11.1 Å². The number of nitriles is 1. The molecule has 1 unspecified atom stereocenters. The molecule has 20 heavy (non-hydrogen) atoms. The molecule has 1 atom stereocenters. The quantitative estimate of drug-likeness (QED) is 0.774. The van der Waals surface area contributed by atoms with E-state index in [4.69, 9.17) is 0 Å². The Morgan fingerprint density at radius 1 is 0.950 bits per heavy atom. The number of hydrogen-bond acceptors (Lipinski definition) is 1. The first-order valence-electron chi connectivity index (χ1n) is 6.90. The minimum atomic E-state index is -0.586. The predicted octanol–water partition coefficient (Wildman–Crippen LogP) is 4.82. The molecule has 2 aromatic rings. The van der Waals surface area contributed by atoms with E-state index in [1.807, 2.05) is 72.8 Å². The van der Waals surface area contributed by atoms with Gasteiger partial charge < -0.3 is 0 Å². The molecule has 0 aliphatic carbocycles. The van der Waals surface area contributed by atoms with Gasteiger partial charge in [-0.05, 0) is 17.0 Å². The number of rotatable bonds is 4. The highest BCUT2D eigenvalue weighted by Gasteiger charge is 2.32. The Labute approximate surface area is 121 Å². The number of benzene rings is 2. The molecule has 1 heteroatoms. The normalized spacial score (nSPS) is 14.1. The maximum atomic E-state index is 9.78. The third kappa shape index (κ3) is 2.81. The molecular weight excluding hydrogens is 242 g/mol. The minimum Gasteiger partial charge on any atom is -0.197 e. The minimum absolute atomic E-state index is 0.204. The van der Waals surface area contributed by atoms with E-state index in [1.165, 1.54) is 0 Å². The Hall–Kier alpha value is -2.33. The second-order valence-electron chi connectivity index (χ2n) is 5.25. The van der Waals surface area contributed by atoms with Crippen LogP contribution in [0, 0.1) is 17.2 Å². The highest BCUT2D eigenvalue weighted by atomic mass is 14.4. The molecular formula is C19H19N. The number of hydrogen-bond donors (Lipinski definition) is 0. The van der Waals surface area contributed by atoms with Crippen molar-refractivity contribution in [3.05, 3.63) is 77.9 Å². The van der Waals surface area contributed by atoms with Gasteiger partial charge in [-0.3, -0.25) is 0 Å². The van der Waals surface area contributed by atoms with Gasteiger partial charge in [-0.1, -0.05) is 86.7 Å². The van der Waals surface area contributed by atoms with E-state index in [9.17, 15) is 5.26 Å². The van der Waals surface area contributed by atoms with Crippen molar-refractivity contribution in [3.8, 4) is 6.07 Å². The summed E-state index contributed by atoms with van der Waals surface area (Å²) in [7, 11) is 0. The van der Waals surface area contributed by atoms with Gasteiger partial charge in [0.2, 0.25) is 0 Å². The van der Waals surface area contributed by atoms with Gasteiger partial charge >= 0.3 is 0 Å². The molecule has 100 valence electrons. The van der Waals surface area contributed by atoms with Gasteiger partial charge in [-0.15, -0.1) is 0 Å². The van der Waals surface area contributed by atoms with Crippen molar-refractivity contribution in [1.29, 1.82) is 5.26 Å². The van der Waals surface area contributed by atoms with E-state index in [1.54, 1.807) is 0 Å². The Morgan fingerprint density at radius 2 is 1.50 bits per heavy atom. The Balaban J connectivity index is 2.44. The van der Waals surface area contributed by atoms with Gasteiger partial charge in [0, 0.05) is 0 Å². The maximum Gasteiger partial charge on any atom is 0.103 e. The van der Waals surface area contributed by atoms with Crippen LogP contribution < -0.4 is 0 Å². The van der Waals surface area contributed by atoms with Crippen molar-refractivity contribution < 1.29 is 0 Å². The summed E-state index contributed by atoms with van der Waals surface area (Å²) in [6.45, 7) is 4.18. The predicted molar refractivity (Wildman–Crippen MR) is 84.0 cm³/mol. The van der Waals surface area contributed by atoms with Crippen LogP contribution in [0.1, 0.15) is 25.0 Å². The molecule has 0 aromatic heterocycles. The first-order chi connectivity index (χ1) is 9.69. The molecule has 0 bridgehead atoms. The third-order valence-corrected chi connectivity index (χ3v) is 3.69. The summed E-state index contributed by atoms with van der Waals surface area (Å²) in [6, 6.07) is 22.6. The van der Waals surface area contributed by atoms with E-state index >= 15 is 0 Å². The second kappa shape index (κ2) is 6.21. The van der Waals surface area contributed by atoms with E-state index in [2.05, 4.69) is 19.9 Å². The van der Waals surface area contributed by atoms with Crippen LogP contribution in [0.25, 0.3) is 6.08 Å². The standard InChI is InChI=1S/C19H19N/c1-16(2)19(15-20,18-11-7-4-8-12-18)14-13-17-9-5-3-6-10-17/h3-14,16H,1-2H3/b14-13+. The van der Waals surface area contributed by atoms with Gasteiger partial charge in [0.15, 0.2) is 0 Å². The molecule has 0 fully saturated rings. The maximum absolute atomic E-state index is 9.78. The Kier molecular flexibility index (Phi) is 4.38. The average molecular weight is 261 g/mol. The summed E-state index contributed by atoms with van der Waals surface area (Å²) in [4.78, 5) is 0. The number of allylic oxidation sites excluding steroid dienone is 1. The molecule has 0 saturated heterocycles. The summed E-state index contributed by atoms with van der Waals surface area (Å²) in [6.07, 6.45) is 4.07. The van der Waals surface area contributed by atoms with Crippen LogP contribution in [0.4, 0.5) is 0 Å². The van der Waals surface area contributed by atoms with Gasteiger partial charge in [0.05, 0.1) is 6.07 Å². The van der Waals surface area contributed by atoms with Crippen molar-refractivity contribution in [3.63, 3.8) is 0 Å². The monoisotopic (exact) mass is 261 g/mol. The molecule has 0 N–H and O–H groups in total. The summed E-state index contributed by atoms with van der Waals surface area (Å²) in [5, 5.41) is 9.78. The van der Waals surface area contributed by atoms with Crippen LogP contribution in [-0.2, 0) is 5.41 Å². The highest BCUT2D eigenvalue weighted by Crippen LogP contribution is 2.34. The van der Waals surface area contributed by atoms with E-state index < -0.39 is 5.41 Å². The lowest BCUT2D eigenvalue weighted by atomic mass is 9.72. The fraction of sp³-hybridized carbons (Fsp3) is 0.211. The molecule has 0 radical (unpaired) electrons. The molecule has 2 aromatic carbocycles. The zero-order chi connectivity index (χ0) is 14.4. The molecule has 0 spiro atoms. The Bertz CT molecular complexity index is 605. The van der Waals surface area contributed by atoms with Crippen LogP contribution in [0.2, 0.25) is 0 Å². The summed E-state index contributed by atoms with van der Waals surface area (Å²) in [5.74, 6) is 0.204. The first kappa shape index (κ1) is 14.1. The highest BCUT2D eigenvalue weighted by molar-refractivity contribution is 5.54. The van der Waals surface area contributed by atoms with Crippen molar-refractivity contribution in [1.82, 2.24) is 0 Å². The topological polar surface area (TPSA) is 23.8 Å². The van der Waals surface area contributed by atoms with Crippen molar-refractivity contribution in [2.75, 3.05) is 0 Å². The Morgan fingerprint density at radius 3 is 2.00 bits per heavy atom. The molecule has 0 saturated carbocycles. The fourth-order valence-electron chi connectivity index (χ4n) is 2.36. The van der Waals surface area contributed by atoms with Gasteiger partial charge in [-0.2, -0.15) is 5.26 Å². The van der Waals surface area contributed by atoms with E-state index in [0.29, 0.717) is 0 Å². The SMILES string of the molecule is CC(C)C(C#N)(/C=C/c1ccccc1)c1ccccc1. The molecule has 0 heterocycles. The van der Waals surface area contributed by atoms with Gasteiger partial charge in [0.25, 0.3) is 0 Å². The van der Waals surface area contributed by atoms with Crippen LogP contribution in [-0.4, -0.2) is 0 Å².